The third kappa shape index (κ3) is 3.14. The number of rotatable bonds is 4. The lowest BCUT2D eigenvalue weighted by atomic mass is 10.1. The van der Waals surface area contributed by atoms with Gasteiger partial charge in [-0.05, 0) is 54.4 Å². The number of benzene rings is 2. The molecule has 142 valence electrons. The zero-order valence-electron chi connectivity index (χ0n) is 14.8. The molecule has 0 unspecified atom stereocenters. The number of aromatic nitrogens is 1. The van der Waals surface area contributed by atoms with Gasteiger partial charge in [-0.25, -0.2) is 21.2 Å². The summed E-state index contributed by atoms with van der Waals surface area (Å²) in [5, 5.41) is 0. The van der Waals surface area contributed by atoms with Gasteiger partial charge in [0.15, 0.2) is 0 Å². The summed E-state index contributed by atoms with van der Waals surface area (Å²) < 4.78 is 60.2. The number of nitrogens with zero attached hydrogens (tertiary/aromatic N) is 1. The Balaban J connectivity index is 1.87. The van der Waals surface area contributed by atoms with Crippen LogP contribution in [0.15, 0.2) is 82.6 Å². The van der Waals surface area contributed by atoms with Crippen molar-refractivity contribution in [3.63, 3.8) is 0 Å². The molecule has 0 radical (unpaired) electrons. The van der Waals surface area contributed by atoms with E-state index in [0.717, 1.165) is 21.7 Å². The maximum absolute atomic E-state index is 14.3. The Kier molecular flexibility index (Phi) is 4.39. The predicted molar refractivity (Wildman–Crippen MR) is 101 cm³/mol. The maximum Gasteiger partial charge on any atom is 0.268 e. The van der Waals surface area contributed by atoms with Crippen LogP contribution in [-0.4, -0.2) is 12.4 Å². The van der Waals surface area contributed by atoms with Crippen LogP contribution in [0, 0.1) is 18.6 Å². The molecular formula is C21H15F2NO3S. The maximum atomic E-state index is 14.3. The van der Waals surface area contributed by atoms with E-state index in [0.29, 0.717) is 11.1 Å². The molecule has 2 heterocycles. The van der Waals surface area contributed by atoms with E-state index in [9.17, 15) is 17.2 Å². The first-order valence-corrected chi connectivity index (χ1v) is 9.83. The van der Waals surface area contributed by atoms with Gasteiger partial charge in [-0.3, -0.25) is 0 Å². The van der Waals surface area contributed by atoms with E-state index < -0.39 is 21.7 Å². The Bertz CT molecular complexity index is 1260. The summed E-state index contributed by atoms with van der Waals surface area (Å²) in [6.45, 7) is 1.71. The molecule has 0 aliphatic rings. The second-order valence-corrected chi connectivity index (χ2v) is 8.18. The van der Waals surface area contributed by atoms with Gasteiger partial charge in [-0.1, -0.05) is 12.1 Å². The molecule has 4 rings (SSSR count). The minimum Gasteiger partial charge on any atom is -0.472 e. The largest absolute Gasteiger partial charge is 0.472 e. The molecule has 0 atom stereocenters. The van der Waals surface area contributed by atoms with Crippen LogP contribution in [-0.2, 0) is 10.0 Å². The van der Waals surface area contributed by atoms with Crippen molar-refractivity contribution in [2.75, 3.05) is 0 Å². The second kappa shape index (κ2) is 6.76. The summed E-state index contributed by atoms with van der Waals surface area (Å²) >= 11 is 0. The SMILES string of the molecule is Cc1cc(-c2ccc(F)cc2F)n(S(=O)(=O)c2cccc(-c3ccoc3)c2)c1. The van der Waals surface area contributed by atoms with E-state index in [-0.39, 0.29) is 16.2 Å². The molecule has 0 aliphatic carbocycles. The van der Waals surface area contributed by atoms with Crippen molar-refractivity contribution in [2.24, 2.45) is 0 Å². The van der Waals surface area contributed by atoms with Crippen LogP contribution in [0.1, 0.15) is 5.56 Å². The lowest BCUT2D eigenvalue weighted by molar-refractivity contribution is 0.568. The van der Waals surface area contributed by atoms with E-state index in [4.69, 9.17) is 4.42 Å². The van der Waals surface area contributed by atoms with E-state index >= 15 is 0 Å². The van der Waals surface area contributed by atoms with Crippen LogP contribution >= 0.6 is 0 Å². The first kappa shape index (κ1) is 18.2. The summed E-state index contributed by atoms with van der Waals surface area (Å²) in [5.74, 6) is -1.56. The van der Waals surface area contributed by atoms with Crippen molar-refractivity contribution in [3.05, 3.63) is 90.5 Å². The second-order valence-electron chi connectivity index (χ2n) is 6.37. The van der Waals surface area contributed by atoms with Gasteiger partial charge < -0.3 is 4.42 Å². The number of furan rings is 1. The molecule has 0 saturated heterocycles. The third-order valence-electron chi connectivity index (χ3n) is 4.38. The molecule has 28 heavy (non-hydrogen) atoms. The highest BCUT2D eigenvalue weighted by atomic mass is 32.2. The van der Waals surface area contributed by atoms with Gasteiger partial charge in [0.1, 0.15) is 11.6 Å². The first-order valence-electron chi connectivity index (χ1n) is 8.39. The van der Waals surface area contributed by atoms with Gasteiger partial charge in [0.25, 0.3) is 10.0 Å². The molecule has 7 heteroatoms. The minimum absolute atomic E-state index is 0.00376. The Labute approximate surface area is 160 Å². The van der Waals surface area contributed by atoms with Gasteiger partial charge in [0, 0.05) is 23.4 Å². The highest BCUT2D eigenvalue weighted by Gasteiger charge is 2.23. The fraction of sp³-hybridized carbons (Fsp3) is 0.0476. The van der Waals surface area contributed by atoms with Crippen molar-refractivity contribution in [1.82, 2.24) is 3.97 Å². The Morgan fingerprint density at radius 3 is 2.50 bits per heavy atom. The number of hydrogen-bond donors (Lipinski definition) is 0. The topological polar surface area (TPSA) is 52.2 Å². The van der Waals surface area contributed by atoms with Gasteiger partial charge in [0.05, 0.1) is 23.1 Å². The molecule has 2 aromatic heterocycles. The van der Waals surface area contributed by atoms with Gasteiger partial charge in [-0.15, -0.1) is 0 Å². The molecule has 4 nitrogen and oxygen atoms in total. The highest BCUT2D eigenvalue weighted by Crippen LogP contribution is 2.30. The van der Waals surface area contributed by atoms with Crippen LogP contribution in [0.5, 0.6) is 0 Å². The quantitative estimate of drug-likeness (QED) is 0.472. The van der Waals surface area contributed by atoms with Crippen LogP contribution in [0.4, 0.5) is 8.78 Å². The molecule has 0 amide bonds. The smallest absolute Gasteiger partial charge is 0.268 e. The molecule has 4 aromatic rings. The number of hydrogen-bond acceptors (Lipinski definition) is 3. The van der Waals surface area contributed by atoms with Crippen LogP contribution in [0.2, 0.25) is 0 Å². The summed E-state index contributed by atoms with van der Waals surface area (Å²) in [6, 6.07) is 12.7. The van der Waals surface area contributed by atoms with Crippen LogP contribution < -0.4 is 0 Å². The average molecular weight is 399 g/mol. The molecule has 0 N–H and O–H groups in total. The molecule has 0 aliphatic heterocycles. The Morgan fingerprint density at radius 2 is 1.79 bits per heavy atom. The average Bonchev–Trinajstić information content (AvgIpc) is 3.32. The van der Waals surface area contributed by atoms with Crippen molar-refractivity contribution >= 4 is 10.0 Å². The highest BCUT2D eigenvalue weighted by molar-refractivity contribution is 7.90. The van der Waals surface area contributed by atoms with Crippen molar-refractivity contribution in [1.29, 1.82) is 0 Å². The molecular weight excluding hydrogens is 384 g/mol. The van der Waals surface area contributed by atoms with Crippen molar-refractivity contribution < 1.29 is 21.6 Å². The van der Waals surface area contributed by atoms with E-state index in [1.165, 1.54) is 36.9 Å². The van der Waals surface area contributed by atoms with E-state index in [1.807, 2.05) is 0 Å². The molecule has 2 aromatic carbocycles. The summed E-state index contributed by atoms with van der Waals surface area (Å²) in [6.07, 6.45) is 4.43. The Hall–Kier alpha value is -3.19. The van der Waals surface area contributed by atoms with E-state index in [1.54, 1.807) is 31.2 Å². The lowest BCUT2D eigenvalue weighted by Crippen LogP contribution is -2.13. The number of halogens is 2. The fourth-order valence-corrected chi connectivity index (χ4v) is 4.51. The molecule has 0 bridgehead atoms. The molecule has 0 spiro atoms. The van der Waals surface area contributed by atoms with Crippen LogP contribution in [0.3, 0.4) is 0 Å². The van der Waals surface area contributed by atoms with Crippen LogP contribution in [0.25, 0.3) is 22.4 Å². The molecule has 0 fully saturated rings. The van der Waals surface area contributed by atoms with Gasteiger partial charge in [-0.2, -0.15) is 0 Å². The summed E-state index contributed by atoms with van der Waals surface area (Å²) in [5.41, 5.74) is 2.18. The van der Waals surface area contributed by atoms with Gasteiger partial charge in [0.2, 0.25) is 0 Å². The minimum atomic E-state index is -4.01. The van der Waals surface area contributed by atoms with E-state index in [2.05, 4.69) is 0 Å². The van der Waals surface area contributed by atoms with Gasteiger partial charge >= 0.3 is 0 Å². The lowest BCUT2D eigenvalue weighted by Gasteiger charge is -2.12. The number of aryl methyl sites for hydroxylation is 1. The third-order valence-corrected chi connectivity index (χ3v) is 6.04. The summed E-state index contributed by atoms with van der Waals surface area (Å²) in [4.78, 5) is 0.0468. The normalized spacial score (nSPS) is 11.7. The first-order chi connectivity index (χ1) is 13.4. The predicted octanol–water partition coefficient (Wildman–Crippen LogP) is 5.24. The zero-order valence-corrected chi connectivity index (χ0v) is 15.6. The van der Waals surface area contributed by atoms with Crippen molar-refractivity contribution in [3.8, 4) is 22.4 Å². The Morgan fingerprint density at radius 1 is 0.964 bits per heavy atom. The monoisotopic (exact) mass is 399 g/mol. The molecule has 0 saturated carbocycles. The zero-order chi connectivity index (χ0) is 19.9. The van der Waals surface area contributed by atoms with Crippen molar-refractivity contribution in [2.45, 2.75) is 11.8 Å². The fourth-order valence-electron chi connectivity index (χ4n) is 3.04. The summed E-state index contributed by atoms with van der Waals surface area (Å²) in [7, 11) is -4.01. The standard InChI is InChI=1S/C21H15F2NO3S/c1-14-9-21(19-6-5-17(22)11-20(19)23)24(12-14)28(25,26)18-4-2-3-15(10-18)16-7-8-27-13-16/h2-13H,1H3.